The monoisotopic (exact) mass is 359 g/mol. The highest BCUT2D eigenvalue weighted by molar-refractivity contribution is 7.89. The smallest absolute Gasteiger partial charge is 0.341 e. The van der Waals surface area contributed by atoms with Crippen molar-refractivity contribution in [2.24, 2.45) is 11.7 Å². The van der Waals surface area contributed by atoms with E-state index in [0.717, 1.165) is 12.3 Å². The lowest BCUT2D eigenvalue weighted by Gasteiger charge is -2.30. The van der Waals surface area contributed by atoms with E-state index in [1.165, 1.54) is 11.4 Å². The van der Waals surface area contributed by atoms with E-state index in [1.807, 2.05) is 0 Å². The van der Waals surface area contributed by atoms with Crippen LogP contribution < -0.4 is 11.1 Å². The SMILES string of the molecule is COC(=O)c1coc(S(=O)(=O)N2CCCC(C(=O)NCCN)C2)c1. The fourth-order valence-corrected chi connectivity index (χ4v) is 3.96. The van der Waals surface area contributed by atoms with Crippen molar-refractivity contribution in [3.8, 4) is 0 Å². The number of hydrogen-bond acceptors (Lipinski definition) is 7. The van der Waals surface area contributed by atoms with Crippen LogP contribution in [-0.2, 0) is 19.6 Å². The first-order valence-corrected chi connectivity index (χ1v) is 8.99. The van der Waals surface area contributed by atoms with Crippen LogP contribution >= 0.6 is 0 Å². The van der Waals surface area contributed by atoms with Gasteiger partial charge in [0.2, 0.25) is 11.0 Å². The molecule has 1 amide bonds. The second kappa shape index (κ2) is 7.77. The van der Waals surface area contributed by atoms with Crippen molar-refractivity contribution in [2.75, 3.05) is 33.3 Å². The van der Waals surface area contributed by atoms with E-state index in [1.54, 1.807) is 0 Å². The Balaban J connectivity index is 2.12. The number of amides is 1. The minimum absolute atomic E-state index is 0.0188. The minimum Gasteiger partial charge on any atom is -0.465 e. The molecule has 0 aromatic carbocycles. The maximum Gasteiger partial charge on any atom is 0.341 e. The lowest BCUT2D eigenvalue weighted by molar-refractivity contribution is -0.126. The number of carbonyl (C=O) groups is 2. The Morgan fingerprint density at radius 1 is 1.50 bits per heavy atom. The number of nitrogens with two attached hydrogens (primary N) is 1. The number of furan rings is 1. The predicted molar refractivity (Wildman–Crippen MR) is 83.6 cm³/mol. The molecule has 9 nitrogen and oxygen atoms in total. The van der Waals surface area contributed by atoms with Gasteiger partial charge in [0.15, 0.2) is 0 Å². The highest BCUT2D eigenvalue weighted by atomic mass is 32.2. The maximum absolute atomic E-state index is 12.6. The molecule has 2 heterocycles. The molecule has 1 aliphatic heterocycles. The highest BCUT2D eigenvalue weighted by Gasteiger charge is 2.35. The number of sulfonamides is 1. The number of rotatable bonds is 6. The van der Waals surface area contributed by atoms with Crippen molar-refractivity contribution in [1.29, 1.82) is 0 Å². The molecule has 0 bridgehead atoms. The number of nitrogens with one attached hydrogen (secondary N) is 1. The highest BCUT2D eigenvalue weighted by Crippen LogP contribution is 2.25. The molecule has 1 unspecified atom stereocenters. The van der Waals surface area contributed by atoms with Gasteiger partial charge in [-0.2, -0.15) is 4.31 Å². The van der Waals surface area contributed by atoms with E-state index in [0.29, 0.717) is 25.9 Å². The summed E-state index contributed by atoms with van der Waals surface area (Å²) in [5.41, 5.74) is 5.36. The Kier molecular flexibility index (Phi) is 5.97. The van der Waals surface area contributed by atoms with Crippen molar-refractivity contribution in [3.05, 3.63) is 17.9 Å². The van der Waals surface area contributed by atoms with Crippen LogP contribution in [0.25, 0.3) is 0 Å². The summed E-state index contributed by atoms with van der Waals surface area (Å²) in [7, 11) is -2.72. The number of carbonyl (C=O) groups excluding carboxylic acids is 2. The number of nitrogens with zero attached hydrogens (tertiary/aromatic N) is 1. The van der Waals surface area contributed by atoms with E-state index in [2.05, 4.69) is 10.1 Å². The van der Waals surface area contributed by atoms with Gasteiger partial charge in [-0.15, -0.1) is 0 Å². The summed E-state index contributed by atoms with van der Waals surface area (Å²) in [4.78, 5) is 23.4. The predicted octanol–water partition coefficient (Wildman–Crippen LogP) is -0.458. The summed E-state index contributed by atoms with van der Waals surface area (Å²) >= 11 is 0. The molecule has 24 heavy (non-hydrogen) atoms. The van der Waals surface area contributed by atoms with Crippen LogP contribution in [0.3, 0.4) is 0 Å². The third-order valence-corrected chi connectivity index (χ3v) is 5.52. The molecule has 0 radical (unpaired) electrons. The second-order valence-electron chi connectivity index (χ2n) is 5.43. The van der Waals surface area contributed by atoms with Crippen molar-refractivity contribution in [2.45, 2.75) is 17.9 Å². The summed E-state index contributed by atoms with van der Waals surface area (Å²) in [5, 5.41) is 2.33. The molecule has 3 N–H and O–H groups in total. The molecule has 10 heteroatoms. The Bertz CT molecular complexity index is 699. The topological polar surface area (TPSA) is 132 Å². The van der Waals surface area contributed by atoms with Gasteiger partial charge in [0.05, 0.1) is 18.6 Å². The van der Waals surface area contributed by atoms with Gasteiger partial charge in [0.25, 0.3) is 10.0 Å². The lowest BCUT2D eigenvalue weighted by Crippen LogP contribution is -2.46. The largest absolute Gasteiger partial charge is 0.465 e. The number of piperidine rings is 1. The quantitative estimate of drug-likeness (QED) is 0.657. The van der Waals surface area contributed by atoms with Gasteiger partial charge in [0, 0.05) is 32.2 Å². The fourth-order valence-electron chi connectivity index (χ4n) is 2.52. The molecule has 1 aromatic heterocycles. The first-order valence-electron chi connectivity index (χ1n) is 7.55. The van der Waals surface area contributed by atoms with E-state index in [-0.39, 0.29) is 29.7 Å². The average Bonchev–Trinajstić information content (AvgIpc) is 3.10. The van der Waals surface area contributed by atoms with Gasteiger partial charge in [0.1, 0.15) is 6.26 Å². The molecule has 2 rings (SSSR count). The average molecular weight is 359 g/mol. The van der Waals surface area contributed by atoms with Gasteiger partial charge in [-0.05, 0) is 12.8 Å². The number of esters is 1. The Hall–Kier alpha value is -1.91. The molecular formula is C14H21N3O6S. The molecule has 1 aromatic rings. The van der Waals surface area contributed by atoms with Gasteiger partial charge >= 0.3 is 5.97 Å². The second-order valence-corrected chi connectivity index (χ2v) is 7.30. The third kappa shape index (κ3) is 3.94. The van der Waals surface area contributed by atoms with E-state index >= 15 is 0 Å². The van der Waals surface area contributed by atoms with Crippen LogP contribution in [0.1, 0.15) is 23.2 Å². The maximum atomic E-state index is 12.6. The zero-order chi connectivity index (χ0) is 17.7. The number of hydrogen-bond donors (Lipinski definition) is 2. The number of ether oxygens (including phenoxy) is 1. The summed E-state index contributed by atoms with van der Waals surface area (Å²) in [5.74, 6) is -1.33. The summed E-state index contributed by atoms with van der Waals surface area (Å²) < 4.78 is 36.0. The van der Waals surface area contributed by atoms with Gasteiger partial charge < -0.3 is 20.2 Å². The van der Waals surface area contributed by atoms with Crippen LogP contribution in [0.4, 0.5) is 0 Å². The Labute approximate surface area is 140 Å². The molecule has 0 saturated carbocycles. The van der Waals surface area contributed by atoms with Crippen LogP contribution in [0, 0.1) is 5.92 Å². The molecule has 1 fully saturated rings. The van der Waals surface area contributed by atoms with Crippen molar-refractivity contribution < 1.29 is 27.2 Å². The Morgan fingerprint density at radius 3 is 2.92 bits per heavy atom. The van der Waals surface area contributed by atoms with Crippen molar-refractivity contribution in [1.82, 2.24) is 9.62 Å². The minimum atomic E-state index is -3.92. The van der Waals surface area contributed by atoms with E-state index in [4.69, 9.17) is 10.2 Å². The number of methoxy groups -OCH3 is 1. The summed E-state index contributed by atoms with van der Waals surface area (Å²) in [6, 6.07) is 1.12. The van der Waals surface area contributed by atoms with Crippen LogP contribution in [0.5, 0.6) is 0 Å². The Morgan fingerprint density at radius 2 is 2.25 bits per heavy atom. The first-order chi connectivity index (χ1) is 11.4. The van der Waals surface area contributed by atoms with E-state index < -0.39 is 21.9 Å². The lowest BCUT2D eigenvalue weighted by atomic mass is 9.99. The van der Waals surface area contributed by atoms with Crippen LogP contribution in [-0.4, -0.2) is 57.9 Å². The molecule has 0 aliphatic carbocycles. The van der Waals surface area contributed by atoms with Gasteiger partial charge in [-0.1, -0.05) is 0 Å². The molecule has 0 spiro atoms. The molecule has 1 aliphatic rings. The van der Waals surface area contributed by atoms with Crippen molar-refractivity contribution >= 4 is 21.9 Å². The molecular weight excluding hydrogens is 338 g/mol. The third-order valence-electron chi connectivity index (χ3n) is 3.79. The van der Waals surface area contributed by atoms with Gasteiger partial charge in [-0.3, -0.25) is 4.79 Å². The van der Waals surface area contributed by atoms with E-state index in [9.17, 15) is 18.0 Å². The zero-order valence-corrected chi connectivity index (χ0v) is 14.2. The molecule has 1 saturated heterocycles. The summed E-state index contributed by atoms with van der Waals surface area (Å²) in [6.07, 6.45) is 2.20. The van der Waals surface area contributed by atoms with Gasteiger partial charge in [-0.25, -0.2) is 13.2 Å². The fraction of sp³-hybridized carbons (Fsp3) is 0.571. The molecule has 1 atom stereocenters. The van der Waals surface area contributed by atoms with Crippen LogP contribution in [0.15, 0.2) is 21.8 Å². The summed E-state index contributed by atoms with van der Waals surface area (Å²) in [6.45, 7) is 1.02. The normalized spacial score (nSPS) is 19.0. The van der Waals surface area contributed by atoms with Crippen molar-refractivity contribution in [3.63, 3.8) is 0 Å². The van der Waals surface area contributed by atoms with Crippen LogP contribution in [0.2, 0.25) is 0 Å². The molecule has 134 valence electrons. The standard InChI is InChI=1S/C14H21N3O6S/c1-22-14(19)11-7-12(23-9-11)24(20,21)17-6-2-3-10(8-17)13(18)16-5-4-15/h7,9-10H,2-6,8,15H2,1H3,(H,16,18). The first kappa shape index (κ1) is 18.4. The zero-order valence-electron chi connectivity index (χ0n) is 13.4.